The molecule has 0 bridgehead atoms. The van der Waals surface area contributed by atoms with Crippen molar-refractivity contribution in [3.8, 4) is 5.75 Å². The molecule has 2 aromatic carbocycles. The van der Waals surface area contributed by atoms with Crippen LogP contribution in [0.15, 0.2) is 42.5 Å². The molecule has 0 spiro atoms. The maximum absolute atomic E-state index is 6.14. The van der Waals surface area contributed by atoms with Crippen molar-refractivity contribution in [2.24, 2.45) is 0 Å². The van der Waals surface area contributed by atoms with Crippen molar-refractivity contribution in [3.05, 3.63) is 63.6 Å². The van der Waals surface area contributed by atoms with Gasteiger partial charge in [0.05, 0.1) is 0 Å². The van der Waals surface area contributed by atoms with Gasteiger partial charge in [0, 0.05) is 28.2 Å². The van der Waals surface area contributed by atoms with E-state index in [1.54, 1.807) is 0 Å². The highest BCUT2D eigenvalue weighted by Gasteiger charge is 2.19. The second kappa shape index (κ2) is 6.69. The Morgan fingerprint density at radius 1 is 1.05 bits per heavy atom. The van der Waals surface area contributed by atoms with Crippen LogP contribution in [-0.4, -0.2) is 6.04 Å². The molecule has 0 atom stereocenters. The van der Waals surface area contributed by atoms with Crippen molar-refractivity contribution in [1.29, 1.82) is 0 Å². The van der Waals surface area contributed by atoms with E-state index in [9.17, 15) is 0 Å². The summed E-state index contributed by atoms with van der Waals surface area (Å²) in [5, 5.41) is 4.76. The van der Waals surface area contributed by atoms with E-state index in [1.165, 1.54) is 18.4 Å². The van der Waals surface area contributed by atoms with Crippen LogP contribution in [0.25, 0.3) is 0 Å². The first-order chi connectivity index (χ1) is 10.2. The summed E-state index contributed by atoms with van der Waals surface area (Å²) in [6, 6.07) is 14.3. The lowest BCUT2D eigenvalue weighted by Gasteiger charge is -2.11. The minimum Gasteiger partial charge on any atom is -0.489 e. The molecule has 0 aromatic heterocycles. The van der Waals surface area contributed by atoms with E-state index in [0.717, 1.165) is 17.9 Å². The fourth-order valence-electron chi connectivity index (χ4n) is 2.12. The molecule has 21 heavy (non-hydrogen) atoms. The molecular weight excluding hydrogens is 305 g/mol. The first-order valence-corrected chi connectivity index (χ1v) is 7.86. The number of halogens is 2. The average molecular weight is 322 g/mol. The summed E-state index contributed by atoms with van der Waals surface area (Å²) in [7, 11) is 0. The summed E-state index contributed by atoms with van der Waals surface area (Å²) < 4.78 is 5.82. The normalized spacial score (nSPS) is 14.2. The van der Waals surface area contributed by atoms with Gasteiger partial charge in [-0.05, 0) is 42.7 Å². The molecule has 1 aliphatic carbocycles. The summed E-state index contributed by atoms with van der Waals surface area (Å²) in [5.41, 5.74) is 2.05. The number of nitrogens with one attached hydrogen (secondary N) is 1. The zero-order chi connectivity index (χ0) is 14.7. The van der Waals surface area contributed by atoms with E-state index in [0.29, 0.717) is 22.7 Å². The minimum absolute atomic E-state index is 0.373. The third kappa shape index (κ3) is 4.13. The minimum atomic E-state index is 0.373. The van der Waals surface area contributed by atoms with E-state index < -0.39 is 0 Å². The maximum atomic E-state index is 6.14. The van der Waals surface area contributed by atoms with Gasteiger partial charge in [-0.3, -0.25) is 0 Å². The van der Waals surface area contributed by atoms with Gasteiger partial charge in [0.15, 0.2) is 0 Å². The summed E-state index contributed by atoms with van der Waals surface area (Å²) >= 11 is 12.3. The van der Waals surface area contributed by atoms with Crippen molar-refractivity contribution in [1.82, 2.24) is 5.32 Å². The molecule has 0 heterocycles. The highest BCUT2D eigenvalue weighted by atomic mass is 35.5. The summed E-state index contributed by atoms with van der Waals surface area (Å²) in [4.78, 5) is 0. The Hall–Kier alpha value is -1.22. The Morgan fingerprint density at radius 2 is 1.76 bits per heavy atom. The Morgan fingerprint density at radius 3 is 2.48 bits per heavy atom. The number of benzene rings is 2. The maximum Gasteiger partial charge on any atom is 0.120 e. The van der Waals surface area contributed by atoms with Crippen molar-refractivity contribution < 1.29 is 4.74 Å². The topological polar surface area (TPSA) is 21.3 Å². The van der Waals surface area contributed by atoms with E-state index in [1.807, 2.05) is 30.3 Å². The molecule has 1 N–H and O–H groups in total. The van der Waals surface area contributed by atoms with Gasteiger partial charge < -0.3 is 10.1 Å². The quantitative estimate of drug-likeness (QED) is 0.823. The predicted molar refractivity (Wildman–Crippen MR) is 87.1 cm³/mol. The lowest BCUT2D eigenvalue weighted by atomic mass is 10.2. The molecule has 0 amide bonds. The van der Waals surface area contributed by atoms with Crippen LogP contribution in [0, 0.1) is 0 Å². The molecule has 110 valence electrons. The lowest BCUT2D eigenvalue weighted by molar-refractivity contribution is 0.306. The number of hydrogen-bond donors (Lipinski definition) is 1. The zero-order valence-corrected chi connectivity index (χ0v) is 13.1. The standard InChI is InChI=1S/C17H17Cl2NO/c18-16-5-2-6-17(19)15(16)11-21-14-4-1-3-12(9-14)10-20-13-7-8-13/h1-6,9,13,20H,7-8,10-11H2. The van der Waals surface area contributed by atoms with E-state index in [2.05, 4.69) is 17.4 Å². The van der Waals surface area contributed by atoms with Crippen LogP contribution in [0.4, 0.5) is 0 Å². The van der Waals surface area contributed by atoms with Crippen molar-refractivity contribution in [2.75, 3.05) is 0 Å². The van der Waals surface area contributed by atoms with Crippen LogP contribution in [0.3, 0.4) is 0 Å². The van der Waals surface area contributed by atoms with E-state index >= 15 is 0 Å². The van der Waals surface area contributed by atoms with Crippen LogP contribution >= 0.6 is 23.2 Å². The van der Waals surface area contributed by atoms with Gasteiger partial charge in [-0.2, -0.15) is 0 Å². The van der Waals surface area contributed by atoms with Crippen LogP contribution < -0.4 is 10.1 Å². The molecular formula is C17H17Cl2NO. The van der Waals surface area contributed by atoms with Crippen LogP contribution in [0.5, 0.6) is 5.75 Å². The van der Waals surface area contributed by atoms with Gasteiger partial charge >= 0.3 is 0 Å². The van der Waals surface area contributed by atoms with Crippen LogP contribution in [0.1, 0.15) is 24.0 Å². The zero-order valence-electron chi connectivity index (χ0n) is 11.6. The second-order valence-electron chi connectivity index (χ2n) is 5.29. The third-order valence-corrected chi connectivity index (χ3v) is 4.22. The molecule has 0 radical (unpaired) electrons. The van der Waals surface area contributed by atoms with Gasteiger partial charge in [-0.15, -0.1) is 0 Å². The molecule has 0 aliphatic heterocycles. The second-order valence-corrected chi connectivity index (χ2v) is 6.11. The molecule has 0 saturated heterocycles. The van der Waals surface area contributed by atoms with Gasteiger partial charge in [-0.1, -0.05) is 41.4 Å². The molecule has 2 aromatic rings. The molecule has 3 rings (SSSR count). The number of hydrogen-bond acceptors (Lipinski definition) is 2. The highest BCUT2D eigenvalue weighted by molar-refractivity contribution is 6.35. The Kier molecular flexibility index (Phi) is 4.69. The molecule has 1 fully saturated rings. The summed E-state index contributed by atoms with van der Waals surface area (Å²) in [5.74, 6) is 0.834. The van der Waals surface area contributed by atoms with Gasteiger partial charge in [0.1, 0.15) is 12.4 Å². The Labute approximate surface area is 135 Å². The Balaban J connectivity index is 1.63. The third-order valence-electron chi connectivity index (χ3n) is 3.52. The lowest BCUT2D eigenvalue weighted by Crippen LogP contribution is -2.15. The fourth-order valence-corrected chi connectivity index (χ4v) is 2.63. The van der Waals surface area contributed by atoms with Crippen LogP contribution in [-0.2, 0) is 13.2 Å². The van der Waals surface area contributed by atoms with E-state index in [4.69, 9.17) is 27.9 Å². The number of rotatable bonds is 6. The predicted octanol–water partition coefficient (Wildman–Crippen LogP) is 4.82. The van der Waals surface area contributed by atoms with Crippen molar-refractivity contribution >= 4 is 23.2 Å². The van der Waals surface area contributed by atoms with Crippen LogP contribution in [0.2, 0.25) is 10.0 Å². The first-order valence-electron chi connectivity index (χ1n) is 7.10. The largest absolute Gasteiger partial charge is 0.489 e. The fraction of sp³-hybridized carbons (Fsp3) is 0.294. The smallest absolute Gasteiger partial charge is 0.120 e. The first kappa shape index (κ1) is 14.7. The average Bonchev–Trinajstić information content (AvgIpc) is 3.29. The molecule has 1 aliphatic rings. The van der Waals surface area contributed by atoms with Gasteiger partial charge in [0.25, 0.3) is 0 Å². The summed E-state index contributed by atoms with van der Waals surface area (Å²) in [6.07, 6.45) is 2.59. The molecule has 1 saturated carbocycles. The van der Waals surface area contributed by atoms with Gasteiger partial charge in [0.2, 0.25) is 0 Å². The van der Waals surface area contributed by atoms with Crippen molar-refractivity contribution in [2.45, 2.75) is 32.0 Å². The molecule has 2 nitrogen and oxygen atoms in total. The van der Waals surface area contributed by atoms with Crippen molar-refractivity contribution in [3.63, 3.8) is 0 Å². The molecule has 4 heteroatoms. The monoisotopic (exact) mass is 321 g/mol. The SMILES string of the molecule is Clc1cccc(Cl)c1COc1cccc(CNC2CC2)c1. The summed E-state index contributed by atoms with van der Waals surface area (Å²) in [6.45, 7) is 1.26. The van der Waals surface area contributed by atoms with E-state index in [-0.39, 0.29) is 0 Å². The number of ether oxygens (including phenoxy) is 1. The Bertz CT molecular complexity index is 606. The molecule has 0 unspecified atom stereocenters. The van der Waals surface area contributed by atoms with Gasteiger partial charge in [-0.25, -0.2) is 0 Å². The highest BCUT2D eigenvalue weighted by Crippen LogP contribution is 2.26.